The monoisotopic (exact) mass is 156 g/mol. The summed E-state index contributed by atoms with van der Waals surface area (Å²) in [4.78, 5) is 0. The summed E-state index contributed by atoms with van der Waals surface area (Å²) >= 11 is 0. The lowest BCUT2D eigenvalue weighted by molar-refractivity contribution is 0.117. The summed E-state index contributed by atoms with van der Waals surface area (Å²) in [5, 5.41) is 8.42. The molecule has 56 valence electrons. The van der Waals surface area contributed by atoms with Gasteiger partial charge in [-0.15, -0.1) is 0 Å². The molecule has 9 heavy (non-hydrogen) atoms. The van der Waals surface area contributed by atoms with Gasteiger partial charge in [0.15, 0.2) is 0 Å². The summed E-state index contributed by atoms with van der Waals surface area (Å²) in [7, 11) is -4.38. The third kappa shape index (κ3) is 7.83. The molecule has 0 heterocycles. The first-order valence-corrected chi connectivity index (χ1v) is 3.58. The van der Waals surface area contributed by atoms with Crippen LogP contribution in [0, 0.1) is 0 Å². The largest absolute Gasteiger partial charge is 0.397 e. The third-order valence-corrected chi connectivity index (χ3v) is 0.892. The van der Waals surface area contributed by atoms with Crippen molar-refractivity contribution in [2.75, 3.05) is 6.61 Å². The summed E-state index contributed by atoms with van der Waals surface area (Å²) in [6.07, 6.45) is -0.896. The van der Waals surface area contributed by atoms with Gasteiger partial charge in [-0.05, 0) is 6.92 Å². The van der Waals surface area contributed by atoms with Crippen LogP contribution >= 0.6 is 0 Å². The number of aliphatic hydroxyl groups is 1. The van der Waals surface area contributed by atoms with Crippen molar-refractivity contribution in [1.29, 1.82) is 0 Å². The summed E-state index contributed by atoms with van der Waals surface area (Å²) < 4.78 is 31.2. The van der Waals surface area contributed by atoms with Gasteiger partial charge in [0.2, 0.25) is 0 Å². The quantitative estimate of drug-likeness (QED) is 0.522. The van der Waals surface area contributed by atoms with Crippen LogP contribution in [-0.4, -0.2) is 30.8 Å². The molecule has 0 bridgehead atoms. The molecule has 0 fully saturated rings. The van der Waals surface area contributed by atoms with E-state index < -0.39 is 23.1 Å². The lowest BCUT2D eigenvalue weighted by atomic mass is 10.5. The van der Waals surface area contributed by atoms with Gasteiger partial charge in [-0.1, -0.05) is 0 Å². The Morgan fingerprint density at radius 2 is 2.11 bits per heavy atom. The fraction of sp³-hybridized carbons (Fsp3) is 1.00. The van der Waals surface area contributed by atoms with E-state index in [2.05, 4.69) is 4.18 Å². The standard InChI is InChI=1S/C3H8O5S/c1-3(4)2-8-9(5,6)7/h3-4H,2H2,1H3,(H,5,6,7)/t3-/m0/s1. The second-order valence-electron chi connectivity index (χ2n) is 1.56. The Kier molecular flexibility index (Phi) is 3.06. The number of hydrogen-bond donors (Lipinski definition) is 2. The van der Waals surface area contributed by atoms with Crippen LogP contribution in [0.1, 0.15) is 6.92 Å². The first kappa shape index (κ1) is 8.83. The Morgan fingerprint density at radius 1 is 1.67 bits per heavy atom. The zero-order chi connectivity index (χ0) is 7.49. The van der Waals surface area contributed by atoms with Crippen molar-refractivity contribution in [2.24, 2.45) is 0 Å². The lowest BCUT2D eigenvalue weighted by Crippen LogP contribution is -2.14. The topological polar surface area (TPSA) is 83.8 Å². The van der Waals surface area contributed by atoms with E-state index in [0.717, 1.165) is 0 Å². The molecule has 0 rings (SSSR count). The molecule has 0 aromatic carbocycles. The van der Waals surface area contributed by atoms with Gasteiger partial charge in [0.25, 0.3) is 0 Å². The third-order valence-electron chi connectivity index (χ3n) is 0.458. The van der Waals surface area contributed by atoms with Crippen LogP contribution in [0.25, 0.3) is 0 Å². The zero-order valence-corrected chi connectivity index (χ0v) is 5.63. The van der Waals surface area contributed by atoms with Gasteiger partial charge in [-0.25, -0.2) is 4.18 Å². The molecule has 0 amide bonds. The summed E-state index contributed by atoms with van der Waals surface area (Å²) in [6, 6.07) is 0. The average Bonchev–Trinajstić information content (AvgIpc) is 1.59. The smallest absolute Gasteiger partial charge is 0.391 e. The molecule has 0 saturated carbocycles. The van der Waals surface area contributed by atoms with E-state index in [9.17, 15) is 8.42 Å². The maximum absolute atomic E-state index is 9.76. The van der Waals surface area contributed by atoms with Crippen LogP contribution in [0.15, 0.2) is 0 Å². The van der Waals surface area contributed by atoms with Gasteiger partial charge < -0.3 is 5.11 Å². The maximum Gasteiger partial charge on any atom is 0.397 e. The molecule has 0 aromatic rings. The Morgan fingerprint density at radius 3 is 2.22 bits per heavy atom. The SMILES string of the molecule is C[C@H](O)COS(=O)(=O)O. The normalized spacial score (nSPS) is 15.4. The van der Waals surface area contributed by atoms with Crippen molar-refractivity contribution in [3.05, 3.63) is 0 Å². The average molecular weight is 156 g/mol. The van der Waals surface area contributed by atoms with Crippen LogP contribution in [-0.2, 0) is 14.6 Å². The highest BCUT2D eigenvalue weighted by molar-refractivity contribution is 7.80. The van der Waals surface area contributed by atoms with E-state index in [-0.39, 0.29) is 0 Å². The molecule has 5 nitrogen and oxygen atoms in total. The van der Waals surface area contributed by atoms with Crippen molar-refractivity contribution in [2.45, 2.75) is 13.0 Å². The molecule has 1 atom stereocenters. The number of rotatable bonds is 3. The van der Waals surface area contributed by atoms with Crippen LogP contribution in [0.2, 0.25) is 0 Å². The molecule has 0 saturated heterocycles. The summed E-state index contributed by atoms with van der Waals surface area (Å²) in [6.45, 7) is 0.921. The highest BCUT2D eigenvalue weighted by atomic mass is 32.3. The molecule has 0 aliphatic rings. The fourth-order valence-corrected chi connectivity index (χ4v) is 0.553. The van der Waals surface area contributed by atoms with Crippen molar-refractivity contribution >= 4 is 10.4 Å². The predicted octanol–water partition coefficient (Wildman–Crippen LogP) is -0.813. The zero-order valence-electron chi connectivity index (χ0n) is 4.81. The first-order valence-electron chi connectivity index (χ1n) is 2.22. The van der Waals surface area contributed by atoms with Gasteiger partial charge in [0.1, 0.15) is 0 Å². The highest BCUT2D eigenvalue weighted by Gasteiger charge is 2.05. The minimum atomic E-state index is -4.38. The molecule has 0 aliphatic heterocycles. The van der Waals surface area contributed by atoms with Gasteiger partial charge in [0.05, 0.1) is 12.7 Å². The molecular formula is C3H8O5S. The maximum atomic E-state index is 9.76. The van der Waals surface area contributed by atoms with Crippen LogP contribution in [0.3, 0.4) is 0 Å². The Labute approximate surface area is 53.2 Å². The second-order valence-corrected chi connectivity index (χ2v) is 2.65. The van der Waals surface area contributed by atoms with E-state index in [0.29, 0.717) is 0 Å². The minimum Gasteiger partial charge on any atom is -0.391 e. The molecule has 0 aliphatic carbocycles. The molecule has 0 radical (unpaired) electrons. The van der Waals surface area contributed by atoms with Gasteiger partial charge in [-0.3, -0.25) is 4.55 Å². The molecule has 0 spiro atoms. The fourth-order valence-electron chi connectivity index (χ4n) is 0.184. The van der Waals surface area contributed by atoms with E-state index in [1.54, 1.807) is 0 Å². The van der Waals surface area contributed by atoms with E-state index >= 15 is 0 Å². The second kappa shape index (κ2) is 3.11. The van der Waals surface area contributed by atoms with Crippen LogP contribution in [0.5, 0.6) is 0 Å². The van der Waals surface area contributed by atoms with Gasteiger partial charge in [0, 0.05) is 0 Å². The van der Waals surface area contributed by atoms with Crippen molar-refractivity contribution in [3.63, 3.8) is 0 Å². The van der Waals surface area contributed by atoms with Crippen LogP contribution < -0.4 is 0 Å². The van der Waals surface area contributed by atoms with E-state index in [1.807, 2.05) is 0 Å². The number of hydrogen-bond acceptors (Lipinski definition) is 4. The summed E-state index contributed by atoms with van der Waals surface area (Å²) in [5.41, 5.74) is 0. The van der Waals surface area contributed by atoms with Gasteiger partial charge in [-0.2, -0.15) is 8.42 Å². The van der Waals surface area contributed by atoms with Crippen molar-refractivity contribution in [3.8, 4) is 0 Å². The van der Waals surface area contributed by atoms with Crippen molar-refractivity contribution < 1.29 is 22.3 Å². The Bertz CT molecular complexity index is 157. The number of aliphatic hydroxyl groups excluding tert-OH is 1. The minimum absolute atomic E-state index is 0.418. The summed E-state index contributed by atoms with van der Waals surface area (Å²) in [5.74, 6) is 0. The molecule has 2 N–H and O–H groups in total. The van der Waals surface area contributed by atoms with E-state index in [4.69, 9.17) is 9.66 Å². The molecule has 6 heteroatoms. The highest BCUT2D eigenvalue weighted by Crippen LogP contribution is 1.88. The predicted molar refractivity (Wildman–Crippen MR) is 29.2 cm³/mol. The molecule has 0 aromatic heterocycles. The lowest BCUT2D eigenvalue weighted by Gasteiger charge is -2.00. The Balaban J connectivity index is 3.53. The molecular weight excluding hydrogens is 148 g/mol. The molecule has 0 unspecified atom stereocenters. The van der Waals surface area contributed by atoms with Crippen LogP contribution in [0.4, 0.5) is 0 Å². The van der Waals surface area contributed by atoms with Gasteiger partial charge >= 0.3 is 10.4 Å². The van der Waals surface area contributed by atoms with E-state index in [1.165, 1.54) is 6.92 Å². The first-order chi connectivity index (χ1) is 3.92. The van der Waals surface area contributed by atoms with Crippen molar-refractivity contribution in [1.82, 2.24) is 0 Å². The Hall–Kier alpha value is -0.170.